The fraction of sp³-hybridized carbons (Fsp3) is 0.385. The van der Waals surface area contributed by atoms with Crippen molar-refractivity contribution >= 4 is 33.3 Å². The van der Waals surface area contributed by atoms with Crippen LogP contribution in [0.25, 0.3) is 0 Å². The zero-order chi connectivity index (χ0) is 15.8. The molecule has 0 heterocycles. The number of carbonyl (C=O) groups excluding carboxylic acids is 1. The Morgan fingerprint density at radius 3 is 2.48 bits per heavy atom. The Balaban J connectivity index is 2.25. The van der Waals surface area contributed by atoms with Gasteiger partial charge in [0.2, 0.25) is 0 Å². The summed E-state index contributed by atoms with van der Waals surface area (Å²) in [5.41, 5.74) is 0.0618. The molecule has 114 valence electrons. The third-order valence-electron chi connectivity index (χ3n) is 3.24. The van der Waals surface area contributed by atoms with Crippen molar-refractivity contribution in [1.82, 2.24) is 5.32 Å². The van der Waals surface area contributed by atoms with E-state index in [4.69, 9.17) is 16.7 Å². The summed E-state index contributed by atoms with van der Waals surface area (Å²) in [5.74, 6) is -1.79. The lowest BCUT2D eigenvalue weighted by atomic mass is 10.1. The van der Waals surface area contributed by atoms with Gasteiger partial charge in [-0.2, -0.15) is 0 Å². The molecule has 1 unspecified atom stereocenters. The Labute approximate surface area is 127 Å². The van der Waals surface area contributed by atoms with Gasteiger partial charge in [0, 0.05) is 11.8 Å². The molecule has 8 heteroatoms. The first kappa shape index (κ1) is 15.8. The number of benzene rings is 1. The number of hydrogen-bond donors (Lipinski definition) is 2. The molecule has 0 radical (unpaired) electrons. The number of amides is 1. The van der Waals surface area contributed by atoms with Crippen LogP contribution in [0.3, 0.4) is 0 Å². The summed E-state index contributed by atoms with van der Waals surface area (Å²) in [7, 11) is -3.57. The Kier molecular flexibility index (Phi) is 4.25. The van der Waals surface area contributed by atoms with E-state index in [9.17, 15) is 18.0 Å². The molecule has 1 fully saturated rings. The molecule has 2 N–H and O–H groups in total. The summed E-state index contributed by atoms with van der Waals surface area (Å²) >= 11 is 5.80. The van der Waals surface area contributed by atoms with Crippen LogP contribution in [0.5, 0.6) is 0 Å². The SMILES string of the molecule is CS(=O)(=O)c1cc(C(=O)NC(C(=O)O)C2CC2)ccc1Cl. The standard InChI is InChI=1S/C13H14ClNO5S/c1-21(19,20)10-6-8(4-5-9(10)14)12(16)15-11(13(17)18)7-2-3-7/h4-7,11H,2-3H2,1H3,(H,15,16)(H,17,18). The van der Waals surface area contributed by atoms with E-state index in [1.54, 1.807) is 0 Å². The van der Waals surface area contributed by atoms with Gasteiger partial charge in [-0.25, -0.2) is 13.2 Å². The largest absolute Gasteiger partial charge is 0.480 e. The number of halogens is 1. The van der Waals surface area contributed by atoms with Crippen LogP contribution in [0.1, 0.15) is 23.2 Å². The number of carbonyl (C=O) groups is 2. The van der Waals surface area contributed by atoms with Gasteiger partial charge in [-0.1, -0.05) is 11.6 Å². The summed E-state index contributed by atoms with van der Waals surface area (Å²) in [6.45, 7) is 0. The smallest absolute Gasteiger partial charge is 0.326 e. The maximum atomic E-state index is 12.1. The number of carboxylic acids is 1. The van der Waals surface area contributed by atoms with Crippen LogP contribution in [-0.4, -0.2) is 37.7 Å². The molecule has 1 saturated carbocycles. The Hall–Kier alpha value is -1.60. The highest BCUT2D eigenvalue weighted by atomic mass is 35.5. The van der Waals surface area contributed by atoms with Crippen molar-refractivity contribution in [2.45, 2.75) is 23.8 Å². The number of carboxylic acid groups (broad SMARTS) is 1. The molecule has 0 aromatic heterocycles. The molecule has 0 spiro atoms. The van der Waals surface area contributed by atoms with Crippen LogP contribution in [0.2, 0.25) is 5.02 Å². The summed E-state index contributed by atoms with van der Waals surface area (Å²) in [6.07, 6.45) is 2.50. The second kappa shape index (κ2) is 5.65. The predicted octanol–water partition coefficient (Wildman–Crippen LogP) is 1.34. The molecule has 1 aromatic carbocycles. The van der Waals surface area contributed by atoms with Gasteiger partial charge in [0.25, 0.3) is 5.91 Å². The predicted molar refractivity (Wildman–Crippen MR) is 76.2 cm³/mol. The third-order valence-corrected chi connectivity index (χ3v) is 4.82. The lowest BCUT2D eigenvalue weighted by Crippen LogP contribution is -2.42. The van der Waals surface area contributed by atoms with Gasteiger partial charge in [0.05, 0.1) is 9.92 Å². The second-order valence-electron chi connectivity index (χ2n) is 5.04. The highest BCUT2D eigenvalue weighted by Gasteiger charge is 2.37. The minimum absolute atomic E-state index is 0.0195. The first-order valence-corrected chi connectivity index (χ1v) is 8.50. The van der Waals surface area contributed by atoms with E-state index in [1.807, 2.05) is 0 Å². The molecule has 1 atom stereocenters. The molecule has 6 nitrogen and oxygen atoms in total. The Bertz CT molecular complexity index is 697. The number of aliphatic carboxylic acids is 1. The molecule has 21 heavy (non-hydrogen) atoms. The molecule has 2 rings (SSSR count). The van der Waals surface area contributed by atoms with Crippen molar-refractivity contribution in [2.24, 2.45) is 5.92 Å². The quantitative estimate of drug-likeness (QED) is 0.848. The van der Waals surface area contributed by atoms with Crippen LogP contribution in [0.4, 0.5) is 0 Å². The third kappa shape index (κ3) is 3.74. The summed E-state index contributed by atoms with van der Waals surface area (Å²) < 4.78 is 23.1. The molecular formula is C13H14ClNO5S. The minimum atomic E-state index is -3.57. The van der Waals surface area contributed by atoms with Crippen molar-refractivity contribution in [3.05, 3.63) is 28.8 Å². The molecule has 0 aliphatic heterocycles. The van der Waals surface area contributed by atoms with E-state index in [2.05, 4.69) is 5.32 Å². The fourth-order valence-electron chi connectivity index (χ4n) is 1.96. The van der Waals surface area contributed by atoms with Gasteiger partial charge < -0.3 is 10.4 Å². The van der Waals surface area contributed by atoms with Gasteiger partial charge in [-0.3, -0.25) is 4.79 Å². The van der Waals surface area contributed by atoms with E-state index >= 15 is 0 Å². The topological polar surface area (TPSA) is 101 Å². The molecule has 1 aliphatic rings. The van der Waals surface area contributed by atoms with Crippen molar-refractivity contribution < 1.29 is 23.1 Å². The average Bonchev–Trinajstić information content (AvgIpc) is 3.18. The van der Waals surface area contributed by atoms with Crippen molar-refractivity contribution in [3.63, 3.8) is 0 Å². The van der Waals surface area contributed by atoms with Gasteiger partial charge in [-0.05, 0) is 37.0 Å². The Morgan fingerprint density at radius 2 is 2.00 bits per heavy atom. The maximum Gasteiger partial charge on any atom is 0.326 e. The maximum absolute atomic E-state index is 12.1. The highest BCUT2D eigenvalue weighted by molar-refractivity contribution is 7.90. The lowest BCUT2D eigenvalue weighted by Gasteiger charge is -2.14. The van der Waals surface area contributed by atoms with E-state index in [1.165, 1.54) is 12.1 Å². The zero-order valence-corrected chi connectivity index (χ0v) is 12.7. The van der Waals surface area contributed by atoms with Crippen LogP contribution in [-0.2, 0) is 14.6 Å². The number of nitrogens with one attached hydrogen (secondary N) is 1. The molecule has 0 saturated heterocycles. The van der Waals surface area contributed by atoms with Crippen LogP contribution in [0.15, 0.2) is 23.1 Å². The van der Waals surface area contributed by atoms with E-state index in [0.717, 1.165) is 25.2 Å². The normalized spacial score (nSPS) is 16.3. The number of hydrogen-bond acceptors (Lipinski definition) is 4. The number of rotatable bonds is 5. The number of sulfone groups is 1. The molecule has 1 aromatic rings. The highest BCUT2D eigenvalue weighted by Crippen LogP contribution is 2.33. The van der Waals surface area contributed by atoms with E-state index in [-0.39, 0.29) is 21.4 Å². The van der Waals surface area contributed by atoms with Gasteiger partial charge >= 0.3 is 5.97 Å². The van der Waals surface area contributed by atoms with Gasteiger partial charge in [0.15, 0.2) is 9.84 Å². The average molecular weight is 332 g/mol. The van der Waals surface area contributed by atoms with Gasteiger partial charge in [-0.15, -0.1) is 0 Å². The van der Waals surface area contributed by atoms with Crippen molar-refractivity contribution in [3.8, 4) is 0 Å². The van der Waals surface area contributed by atoms with E-state index < -0.39 is 27.8 Å². The van der Waals surface area contributed by atoms with Crippen LogP contribution < -0.4 is 5.32 Å². The summed E-state index contributed by atoms with van der Waals surface area (Å²) in [5, 5.41) is 11.5. The molecule has 0 bridgehead atoms. The van der Waals surface area contributed by atoms with E-state index in [0.29, 0.717) is 0 Å². The summed E-state index contributed by atoms with van der Waals surface area (Å²) in [6, 6.07) is 2.87. The molecular weight excluding hydrogens is 318 g/mol. The van der Waals surface area contributed by atoms with Gasteiger partial charge in [0.1, 0.15) is 6.04 Å². The first-order chi connectivity index (χ1) is 9.70. The fourth-order valence-corrected chi connectivity index (χ4v) is 3.27. The molecule has 1 amide bonds. The monoisotopic (exact) mass is 331 g/mol. The lowest BCUT2D eigenvalue weighted by molar-refractivity contribution is -0.139. The zero-order valence-electron chi connectivity index (χ0n) is 11.2. The Morgan fingerprint density at radius 1 is 1.38 bits per heavy atom. The van der Waals surface area contributed by atoms with Crippen LogP contribution in [0, 0.1) is 5.92 Å². The second-order valence-corrected chi connectivity index (χ2v) is 7.44. The van der Waals surface area contributed by atoms with Crippen molar-refractivity contribution in [1.29, 1.82) is 0 Å². The first-order valence-electron chi connectivity index (χ1n) is 6.23. The molecule has 1 aliphatic carbocycles. The van der Waals surface area contributed by atoms with Crippen LogP contribution >= 0.6 is 11.6 Å². The van der Waals surface area contributed by atoms with Crippen molar-refractivity contribution in [2.75, 3.05) is 6.26 Å². The minimum Gasteiger partial charge on any atom is -0.480 e. The summed E-state index contributed by atoms with van der Waals surface area (Å²) in [4.78, 5) is 23.0.